The van der Waals surface area contributed by atoms with Crippen LogP contribution in [0.1, 0.15) is 46.5 Å². The summed E-state index contributed by atoms with van der Waals surface area (Å²) in [5, 5.41) is 0. The molecule has 2 fully saturated rings. The Hall–Kier alpha value is -0.410. The van der Waals surface area contributed by atoms with Crippen LogP contribution in [0.25, 0.3) is 0 Å². The average Bonchev–Trinajstić information content (AvgIpc) is 2.58. The van der Waals surface area contributed by atoms with Gasteiger partial charge < -0.3 is 9.47 Å². The predicted octanol–water partition coefficient (Wildman–Crippen LogP) is 2.29. The van der Waals surface area contributed by atoms with E-state index < -0.39 is 5.79 Å². The predicted molar refractivity (Wildman–Crippen MR) is 56.5 cm³/mol. The first-order valence-corrected chi connectivity index (χ1v) is 5.83. The zero-order chi connectivity index (χ0) is 11.1. The van der Waals surface area contributed by atoms with E-state index in [-0.39, 0.29) is 12.2 Å². The van der Waals surface area contributed by atoms with Crippen molar-refractivity contribution in [2.24, 2.45) is 5.92 Å². The van der Waals surface area contributed by atoms with Crippen molar-refractivity contribution in [2.45, 2.75) is 64.4 Å². The maximum Gasteiger partial charge on any atom is 0.163 e. The van der Waals surface area contributed by atoms with Crippen molar-refractivity contribution in [3.05, 3.63) is 0 Å². The minimum Gasteiger partial charge on any atom is -0.345 e. The number of carbonyl (C=O) groups is 1. The van der Waals surface area contributed by atoms with Gasteiger partial charge in [0.25, 0.3) is 0 Å². The Morgan fingerprint density at radius 3 is 2.60 bits per heavy atom. The SMILES string of the molecule is C[C@@H]1OC(C)(C)O[C@@H]1C[C@@H]1CCC(=O)C1. The van der Waals surface area contributed by atoms with Crippen LogP contribution in [0.2, 0.25) is 0 Å². The largest absolute Gasteiger partial charge is 0.345 e. The number of Topliss-reactive ketones (excluding diaryl/α,β-unsaturated/α-hetero) is 1. The lowest BCUT2D eigenvalue weighted by molar-refractivity contribution is -0.146. The number of hydrogen-bond donors (Lipinski definition) is 0. The van der Waals surface area contributed by atoms with E-state index in [0.717, 1.165) is 25.7 Å². The van der Waals surface area contributed by atoms with E-state index in [2.05, 4.69) is 6.92 Å². The van der Waals surface area contributed by atoms with Gasteiger partial charge in [-0.3, -0.25) is 4.79 Å². The molecule has 0 radical (unpaired) electrons. The summed E-state index contributed by atoms with van der Waals surface area (Å²) in [6, 6.07) is 0. The summed E-state index contributed by atoms with van der Waals surface area (Å²) < 4.78 is 11.5. The van der Waals surface area contributed by atoms with Crippen LogP contribution >= 0.6 is 0 Å². The fourth-order valence-corrected chi connectivity index (χ4v) is 2.67. The van der Waals surface area contributed by atoms with Gasteiger partial charge in [-0.2, -0.15) is 0 Å². The van der Waals surface area contributed by atoms with Crippen molar-refractivity contribution in [3.63, 3.8) is 0 Å². The molecule has 15 heavy (non-hydrogen) atoms. The molecule has 86 valence electrons. The summed E-state index contributed by atoms with van der Waals surface area (Å²) in [5.41, 5.74) is 0. The minimum absolute atomic E-state index is 0.149. The smallest absolute Gasteiger partial charge is 0.163 e. The molecule has 1 aliphatic heterocycles. The third-order valence-electron chi connectivity index (χ3n) is 3.34. The van der Waals surface area contributed by atoms with E-state index in [1.54, 1.807) is 0 Å². The first-order chi connectivity index (χ1) is 6.96. The lowest BCUT2D eigenvalue weighted by atomic mass is 9.98. The maximum absolute atomic E-state index is 11.2. The van der Waals surface area contributed by atoms with E-state index in [1.165, 1.54) is 0 Å². The third-order valence-corrected chi connectivity index (χ3v) is 3.34. The molecule has 0 N–H and O–H groups in total. The van der Waals surface area contributed by atoms with Gasteiger partial charge in [-0.25, -0.2) is 0 Å². The standard InChI is InChI=1S/C12H20O3/c1-8-11(15-12(2,3)14-8)7-9-4-5-10(13)6-9/h8-9,11H,4-7H2,1-3H3/t8-,9+,11+/m0/s1. The van der Waals surface area contributed by atoms with Gasteiger partial charge in [0.2, 0.25) is 0 Å². The molecule has 2 rings (SSSR count). The normalized spacial score (nSPS) is 39.9. The van der Waals surface area contributed by atoms with Crippen LogP contribution in [0.5, 0.6) is 0 Å². The van der Waals surface area contributed by atoms with Crippen LogP contribution in [0, 0.1) is 5.92 Å². The Morgan fingerprint density at radius 2 is 2.13 bits per heavy atom. The zero-order valence-electron chi connectivity index (χ0n) is 9.79. The van der Waals surface area contributed by atoms with E-state index in [4.69, 9.17) is 9.47 Å². The fraction of sp³-hybridized carbons (Fsp3) is 0.917. The van der Waals surface area contributed by atoms with Crippen LogP contribution in [-0.4, -0.2) is 23.8 Å². The molecule has 2 aliphatic rings. The Bertz CT molecular complexity index is 260. The molecule has 0 aromatic heterocycles. The molecule has 3 atom stereocenters. The topological polar surface area (TPSA) is 35.5 Å². The van der Waals surface area contributed by atoms with Gasteiger partial charge in [-0.15, -0.1) is 0 Å². The molecular formula is C12H20O3. The van der Waals surface area contributed by atoms with Gasteiger partial charge in [-0.05, 0) is 39.5 Å². The lowest BCUT2D eigenvalue weighted by Crippen LogP contribution is -2.23. The molecule has 0 aromatic carbocycles. The highest BCUT2D eigenvalue weighted by atomic mass is 16.7. The summed E-state index contributed by atoms with van der Waals surface area (Å²) in [5.74, 6) is 0.473. The molecule has 0 unspecified atom stereocenters. The van der Waals surface area contributed by atoms with Crippen LogP contribution in [0.4, 0.5) is 0 Å². The summed E-state index contributed by atoms with van der Waals surface area (Å²) in [6.45, 7) is 5.95. The van der Waals surface area contributed by atoms with Crippen molar-refractivity contribution in [3.8, 4) is 0 Å². The van der Waals surface area contributed by atoms with Crippen LogP contribution in [-0.2, 0) is 14.3 Å². The monoisotopic (exact) mass is 212 g/mol. The Kier molecular flexibility index (Phi) is 2.86. The van der Waals surface area contributed by atoms with Gasteiger partial charge in [-0.1, -0.05) is 0 Å². The molecule has 1 aliphatic carbocycles. The number of carbonyl (C=O) groups excluding carboxylic acids is 1. The first kappa shape index (κ1) is 11.1. The molecule has 1 saturated carbocycles. The molecule has 0 amide bonds. The van der Waals surface area contributed by atoms with Crippen LogP contribution in [0.3, 0.4) is 0 Å². The Morgan fingerprint density at radius 1 is 1.40 bits per heavy atom. The Balaban J connectivity index is 1.87. The van der Waals surface area contributed by atoms with Crippen molar-refractivity contribution < 1.29 is 14.3 Å². The highest BCUT2D eigenvalue weighted by Crippen LogP contribution is 2.35. The summed E-state index contributed by atoms with van der Waals surface area (Å²) in [7, 11) is 0. The molecule has 3 heteroatoms. The van der Waals surface area contributed by atoms with E-state index >= 15 is 0 Å². The summed E-state index contributed by atoms with van der Waals surface area (Å²) >= 11 is 0. The van der Waals surface area contributed by atoms with E-state index in [9.17, 15) is 4.79 Å². The second kappa shape index (κ2) is 3.87. The van der Waals surface area contributed by atoms with E-state index in [1.807, 2.05) is 13.8 Å². The molecular weight excluding hydrogens is 192 g/mol. The molecule has 1 saturated heterocycles. The lowest BCUT2D eigenvalue weighted by Gasteiger charge is -2.18. The van der Waals surface area contributed by atoms with Crippen molar-refractivity contribution >= 4 is 5.78 Å². The van der Waals surface area contributed by atoms with Gasteiger partial charge in [0.05, 0.1) is 12.2 Å². The summed E-state index contributed by atoms with van der Waals surface area (Å²) in [4.78, 5) is 11.2. The highest BCUT2D eigenvalue weighted by molar-refractivity contribution is 5.80. The summed E-state index contributed by atoms with van der Waals surface area (Å²) in [6.07, 6.45) is 3.82. The zero-order valence-corrected chi connectivity index (χ0v) is 9.79. The van der Waals surface area contributed by atoms with Gasteiger partial charge in [0.1, 0.15) is 5.78 Å². The van der Waals surface area contributed by atoms with Crippen molar-refractivity contribution in [2.75, 3.05) is 0 Å². The Labute approximate surface area is 91.1 Å². The van der Waals surface area contributed by atoms with Gasteiger partial charge in [0.15, 0.2) is 5.79 Å². The van der Waals surface area contributed by atoms with Crippen LogP contribution < -0.4 is 0 Å². The highest BCUT2D eigenvalue weighted by Gasteiger charge is 2.40. The number of ketones is 1. The molecule has 0 bridgehead atoms. The maximum atomic E-state index is 11.2. The second-order valence-corrected chi connectivity index (χ2v) is 5.26. The first-order valence-electron chi connectivity index (χ1n) is 5.83. The second-order valence-electron chi connectivity index (χ2n) is 5.26. The van der Waals surface area contributed by atoms with E-state index in [0.29, 0.717) is 11.7 Å². The minimum atomic E-state index is -0.452. The molecule has 3 nitrogen and oxygen atoms in total. The number of rotatable bonds is 2. The van der Waals surface area contributed by atoms with Gasteiger partial charge >= 0.3 is 0 Å². The average molecular weight is 212 g/mol. The van der Waals surface area contributed by atoms with Crippen molar-refractivity contribution in [1.82, 2.24) is 0 Å². The fourth-order valence-electron chi connectivity index (χ4n) is 2.67. The molecule has 0 aromatic rings. The molecule has 1 heterocycles. The number of hydrogen-bond acceptors (Lipinski definition) is 3. The quantitative estimate of drug-likeness (QED) is 0.704. The van der Waals surface area contributed by atoms with Gasteiger partial charge in [0, 0.05) is 12.8 Å². The molecule has 0 spiro atoms. The van der Waals surface area contributed by atoms with Crippen molar-refractivity contribution in [1.29, 1.82) is 0 Å². The van der Waals surface area contributed by atoms with Crippen LogP contribution in [0.15, 0.2) is 0 Å². The number of ether oxygens (including phenoxy) is 2. The third kappa shape index (κ3) is 2.58.